The molecule has 1 fully saturated rings. The highest BCUT2D eigenvalue weighted by Crippen LogP contribution is 2.30. The molecule has 5 nitrogen and oxygen atoms in total. The highest BCUT2D eigenvalue weighted by atomic mass is 16.5. The van der Waals surface area contributed by atoms with Gasteiger partial charge < -0.3 is 19.4 Å². The fourth-order valence-electron chi connectivity index (χ4n) is 3.46. The number of furan rings is 1. The van der Waals surface area contributed by atoms with Gasteiger partial charge in [-0.05, 0) is 23.9 Å². The number of fused-ring (bicyclic) bond motifs is 3. The Hall–Kier alpha value is -2.37. The summed E-state index contributed by atoms with van der Waals surface area (Å²) < 4.78 is 11.3. The maximum absolute atomic E-state index is 12.4. The minimum absolute atomic E-state index is 0.00698. The van der Waals surface area contributed by atoms with Crippen molar-refractivity contribution in [3.8, 4) is 0 Å². The third-order valence-electron chi connectivity index (χ3n) is 4.76. The van der Waals surface area contributed by atoms with Gasteiger partial charge in [-0.3, -0.25) is 4.79 Å². The molecule has 2 heterocycles. The lowest BCUT2D eigenvalue weighted by Crippen LogP contribution is -2.46. The Morgan fingerprint density at radius 3 is 3.04 bits per heavy atom. The Balaban J connectivity index is 1.48. The molecule has 130 valence electrons. The number of nitrogens with zero attached hydrogens (tertiary/aromatic N) is 1. The Bertz CT molecular complexity index is 902. The maximum atomic E-state index is 12.4. The number of carbonyl (C=O) groups is 1. The van der Waals surface area contributed by atoms with Crippen LogP contribution in [0.3, 0.4) is 0 Å². The van der Waals surface area contributed by atoms with Crippen molar-refractivity contribution in [2.24, 2.45) is 0 Å². The number of hydrogen-bond acceptors (Lipinski definition) is 4. The fraction of sp³-hybridized carbons (Fsp3) is 0.350. The lowest BCUT2D eigenvalue weighted by atomic mass is 10.0. The molecule has 2 aromatic carbocycles. The molecule has 4 rings (SSSR count). The van der Waals surface area contributed by atoms with Crippen molar-refractivity contribution in [1.29, 1.82) is 0 Å². The van der Waals surface area contributed by atoms with Crippen LogP contribution in [0.25, 0.3) is 21.7 Å². The van der Waals surface area contributed by atoms with E-state index >= 15 is 0 Å². The molecule has 1 saturated heterocycles. The average molecular weight is 338 g/mol. The molecule has 1 atom stereocenters. The largest absolute Gasteiger partial charge is 0.464 e. The zero-order chi connectivity index (χ0) is 17.2. The average Bonchev–Trinajstić information content (AvgIpc) is 3.03. The molecule has 1 N–H and O–H groups in total. The van der Waals surface area contributed by atoms with E-state index in [-0.39, 0.29) is 12.0 Å². The number of likely N-dealkylation sites (N-methyl/N-ethyl adjacent to an activating group) is 1. The van der Waals surface area contributed by atoms with Gasteiger partial charge in [0.05, 0.1) is 25.4 Å². The Kier molecular flexibility index (Phi) is 4.42. The summed E-state index contributed by atoms with van der Waals surface area (Å²) in [5.74, 6) is -0.00698. The molecule has 1 aliphatic heterocycles. The predicted molar refractivity (Wildman–Crippen MR) is 97.7 cm³/mol. The first-order valence-corrected chi connectivity index (χ1v) is 8.65. The molecule has 3 aromatic rings. The van der Waals surface area contributed by atoms with Gasteiger partial charge in [0.2, 0.25) is 5.91 Å². The normalized spacial score (nSPS) is 18.7. The molecule has 0 radical (unpaired) electrons. The summed E-state index contributed by atoms with van der Waals surface area (Å²) in [6, 6.07) is 12.2. The van der Waals surface area contributed by atoms with Crippen LogP contribution in [0.1, 0.15) is 5.56 Å². The van der Waals surface area contributed by atoms with Crippen molar-refractivity contribution in [3.63, 3.8) is 0 Å². The molecule has 25 heavy (non-hydrogen) atoms. The number of morpholine rings is 1. The van der Waals surface area contributed by atoms with E-state index in [0.717, 1.165) is 47.0 Å². The number of rotatable bonds is 4. The SMILES string of the molecule is CN1CCO[C@H](CNC(=O)Cc2coc3ccc4ccccc4c23)C1. The summed E-state index contributed by atoms with van der Waals surface area (Å²) in [5.41, 5.74) is 1.74. The predicted octanol–water partition coefficient (Wildman–Crippen LogP) is 2.58. The molecule has 1 aliphatic rings. The molecule has 5 heteroatoms. The quantitative estimate of drug-likeness (QED) is 0.794. The van der Waals surface area contributed by atoms with Crippen LogP contribution in [0.15, 0.2) is 47.1 Å². The Labute approximate surface area is 146 Å². The fourth-order valence-corrected chi connectivity index (χ4v) is 3.46. The monoisotopic (exact) mass is 338 g/mol. The van der Waals surface area contributed by atoms with Crippen LogP contribution in [0, 0.1) is 0 Å². The number of amides is 1. The lowest BCUT2D eigenvalue weighted by molar-refractivity contribution is -0.121. The summed E-state index contributed by atoms with van der Waals surface area (Å²) in [6.07, 6.45) is 2.06. The van der Waals surface area contributed by atoms with Gasteiger partial charge in [-0.25, -0.2) is 0 Å². The maximum Gasteiger partial charge on any atom is 0.224 e. The molecule has 0 spiro atoms. The second-order valence-electron chi connectivity index (χ2n) is 6.66. The molecular weight excluding hydrogens is 316 g/mol. The van der Waals surface area contributed by atoms with E-state index in [9.17, 15) is 4.79 Å². The topological polar surface area (TPSA) is 54.7 Å². The summed E-state index contributed by atoms with van der Waals surface area (Å²) in [4.78, 5) is 14.6. The minimum atomic E-state index is -0.00698. The van der Waals surface area contributed by atoms with Crippen molar-refractivity contribution >= 4 is 27.6 Å². The van der Waals surface area contributed by atoms with Gasteiger partial charge in [-0.1, -0.05) is 30.3 Å². The van der Waals surface area contributed by atoms with Gasteiger partial charge in [0.25, 0.3) is 0 Å². The molecule has 1 amide bonds. The highest BCUT2D eigenvalue weighted by Gasteiger charge is 2.19. The third-order valence-corrected chi connectivity index (χ3v) is 4.76. The zero-order valence-electron chi connectivity index (χ0n) is 14.3. The number of ether oxygens (including phenoxy) is 1. The van der Waals surface area contributed by atoms with Crippen molar-refractivity contribution in [3.05, 3.63) is 48.2 Å². The van der Waals surface area contributed by atoms with E-state index in [1.807, 2.05) is 24.3 Å². The Morgan fingerprint density at radius 1 is 1.28 bits per heavy atom. The van der Waals surface area contributed by atoms with E-state index in [0.29, 0.717) is 13.0 Å². The summed E-state index contributed by atoms with van der Waals surface area (Å²) in [5, 5.41) is 6.29. The van der Waals surface area contributed by atoms with E-state index in [1.54, 1.807) is 6.26 Å². The van der Waals surface area contributed by atoms with Crippen LogP contribution >= 0.6 is 0 Å². The van der Waals surface area contributed by atoms with Gasteiger partial charge in [-0.2, -0.15) is 0 Å². The van der Waals surface area contributed by atoms with Gasteiger partial charge in [0, 0.05) is 30.6 Å². The lowest BCUT2D eigenvalue weighted by Gasteiger charge is -2.30. The molecule has 0 unspecified atom stereocenters. The first-order valence-electron chi connectivity index (χ1n) is 8.65. The van der Waals surface area contributed by atoms with E-state index in [2.05, 4.69) is 29.4 Å². The van der Waals surface area contributed by atoms with E-state index in [1.165, 1.54) is 0 Å². The van der Waals surface area contributed by atoms with Gasteiger partial charge in [0.1, 0.15) is 5.58 Å². The summed E-state index contributed by atoms with van der Waals surface area (Å²) in [7, 11) is 2.07. The molecular formula is C20H22N2O3. The third kappa shape index (κ3) is 3.38. The number of hydrogen-bond donors (Lipinski definition) is 1. The standard InChI is InChI=1S/C20H22N2O3/c1-22-8-9-24-16(12-22)11-21-19(23)10-15-13-25-18-7-6-14-4-2-3-5-17(14)20(15)18/h2-7,13,16H,8-12H2,1H3,(H,21,23)/t16-/m1/s1. The molecule has 0 bridgehead atoms. The summed E-state index contributed by atoms with van der Waals surface area (Å²) in [6.45, 7) is 3.05. The first kappa shape index (κ1) is 16.1. The molecule has 0 aliphatic carbocycles. The van der Waals surface area contributed by atoms with Gasteiger partial charge >= 0.3 is 0 Å². The van der Waals surface area contributed by atoms with Crippen LogP contribution in [0.5, 0.6) is 0 Å². The smallest absolute Gasteiger partial charge is 0.224 e. The van der Waals surface area contributed by atoms with Crippen molar-refractivity contribution in [1.82, 2.24) is 10.2 Å². The van der Waals surface area contributed by atoms with Crippen molar-refractivity contribution in [2.45, 2.75) is 12.5 Å². The van der Waals surface area contributed by atoms with Gasteiger partial charge in [0.15, 0.2) is 0 Å². The summed E-state index contributed by atoms with van der Waals surface area (Å²) >= 11 is 0. The van der Waals surface area contributed by atoms with E-state index in [4.69, 9.17) is 9.15 Å². The zero-order valence-corrected chi connectivity index (χ0v) is 14.3. The van der Waals surface area contributed by atoms with Gasteiger partial charge in [-0.15, -0.1) is 0 Å². The van der Waals surface area contributed by atoms with Crippen LogP contribution in [-0.4, -0.2) is 50.2 Å². The molecule has 1 aromatic heterocycles. The van der Waals surface area contributed by atoms with Crippen molar-refractivity contribution in [2.75, 3.05) is 33.3 Å². The van der Waals surface area contributed by atoms with Crippen LogP contribution < -0.4 is 5.32 Å². The van der Waals surface area contributed by atoms with Crippen molar-refractivity contribution < 1.29 is 13.9 Å². The minimum Gasteiger partial charge on any atom is -0.464 e. The molecule has 0 saturated carbocycles. The number of carbonyl (C=O) groups excluding carboxylic acids is 1. The second kappa shape index (κ2) is 6.86. The first-order chi connectivity index (χ1) is 12.2. The van der Waals surface area contributed by atoms with Crippen LogP contribution in [0.2, 0.25) is 0 Å². The van der Waals surface area contributed by atoms with Crippen LogP contribution in [0.4, 0.5) is 0 Å². The Morgan fingerprint density at radius 2 is 2.16 bits per heavy atom. The van der Waals surface area contributed by atoms with E-state index < -0.39 is 0 Å². The second-order valence-corrected chi connectivity index (χ2v) is 6.66. The van der Waals surface area contributed by atoms with Crippen LogP contribution in [-0.2, 0) is 16.0 Å². The highest BCUT2D eigenvalue weighted by molar-refractivity contribution is 6.08. The number of benzene rings is 2. The number of nitrogens with one attached hydrogen (secondary N) is 1.